The lowest BCUT2D eigenvalue weighted by atomic mass is 10.1. The van der Waals surface area contributed by atoms with Crippen LogP contribution in [0.4, 0.5) is 11.6 Å². The fraction of sp³-hybridized carbons (Fsp3) is 0.214. The van der Waals surface area contributed by atoms with E-state index >= 15 is 0 Å². The predicted molar refractivity (Wildman–Crippen MR) is 139 cm³/mol. The molecule has 4 aromatic rings. The van der Waals surface area contributed by atoms with E-state index in [1.165, 1.54) is 0 Å². The van der Waals surface area contributed by atoms with Crippen molar-refractivity contribution in [3.8, 4) is 5.75 Å². The molecule has 1 unspecified atom stereocenters. The molecule has 1 aliphatic heterocycles. The molecule has 0 saturated heterocycles. The zero-order chi connectivity index (χ0) is 25.9. The Hall–Kier alpha value is -4.66. The first-order valence-corrected chi connectivity index (χ1v) is 12.0. The molecule has 37 heavy (non-hydrogen) atoms. The molecule has 0 bridgehead atoms. The van der Waals surface area contributed by atoms with Gasteiger partial charge in [-0.15, -0.1) is 0 Å². The van der Waals surface area contributed by atoms with Gasteiger partial charge >= 0.3 is 5.97 Å². The Labute approximate surface area is 213 Å². The summed E-state index contributed by atoms with van der Waals surface area (Å²) in [5, 5.41) is 2.83. The van der Waals surface area contributed by atoms with Crippen LogP contribution in [0.15, 0.2) is 72.8 Å². The van der Waals surface area contributed by atoms with E-state index in [-0.39, 0.29) is 24.8 Å². The van der Waals surface area contributed by atoms with Crippen LogP contribution in [-0.4, -0.2) is 41.1 Å². The van der Waals surface area contributed by atoms with Gasteiger partial charge in [-0.25, -0.2) is 9.78 Å². The van der Waals surface area contributed by atoms with E-state index in [1.807, 2.05) is 53.1 Å². The summed E-state index contributed by atoms with van der Waals surface area (Å²) in [5.41, 5.74) is 3.38. The lowest BCUT2D eigenvalue weighted by molar-refractivity contribution is -0.124. The van der Waals surface area contributed by atoms with Crippen molar-refractivity contribution in [3.05, 3.63) is 83.9 Å². The Morgan fingerprint density at radius 2 is 1.73 bits per heavy atom. The molecule has 2 heterocycles. The summed E-state index contributed by atoms with van der Waals surface area (Å²) >= 11 is 0. The van der Waals surface area contributed by atoms with Crippen LogP contribution in [0.5, 0.6) is 5.75 Å². The number of nitrogens with one attached hydrogen (secondary N) is 1. The molecule has 0 radical (unpaired) electrons. The van der Waals surface area contributed by atoms with Crippen molar-refractivity contribution < 1.29 is 23.9 Å². The smallest absolute Gasteiger partial charge is 0.338 e. The molecule has 0 aliphatic carbocycles. The number of carbonyl (C=O) groups is 3. The third kappa shape index (κ3) is 4.75. The van der Waals surface area contributed by atoms with Gasteiger partial charge in [0.1, 0.15) is 11.8 Å². The van der Waals surface area contributed by atoms with Crippen LogP contribution in [0, 0.1) is 0 Å². The first kappa shape index (κ1) is 24.1. The molecule has 1 aromatic heterocycles. The maximum atomic E-state index is 13.6. The Bertz CT molecular complexity index is 1460. The van der Waals surface area contributed by atoms with Gasteiger partial charge in [-0.1, -0.05) is 24.3 Å². The van der Waals surface area contributed by atoms with Crippen molar-refractivity contribution in [2.24, 2.45) is 0 Å². The average Bonchev–Trinajstić information content (AvgIpc) is 3.40. The number of ether oxygens (including phenoxy) is 2. The van der Waals surface area contributed by atoms with Gasteiger partial charge in [0.25, 0.3) is 5.91 Å². The molecule has 0 spiro atoms. The number of para-hydroxylation sites is 2. The fourth-order valence-electron chi connectivity index (χ4n) is 4.45. The van der Waals surface area contributed by atoms with Crippen LogP contribution >= 0.6 is 0 Å². The number of anilines is 2. The summed E-state index contributed by atoms with van der Waals surface area (Å²) in [5.74, 6) is 0.301. The first-order valence-electron chi connectivity index (χ1n) is 12.0. The average molecular weight is 499 g/mol. The first-order chi connectivity index (χ1) is 18.0. The Kier molecular flexibility index (Phi) is 6.59. The largest absolute Gasteiger partial charge is 0.497 e. The minimum absolute atomic E-state index is 0.0646. The second-order valence-corrected chi connectivity index (χ2v) is 8.61. The van der Waals surface area contributed by atoms with Crippen molar-refractivity contribution in [3.63, 3.8) is 0 Å². The number of hydrogen-bond donors (Lipinski definition) is 1. The van der Waals surface area contributed by atoms with E-state index in [0.717, 1.165) is 22.3 Å². The van der Waals surface area contributed by atoms with Gasteiger partial charge in [-0.05, 0) is 61.0 Å². The van der Waals surface area contributed by atoms with Crippen molar-refractivity contribution in [1.29, 1.82) is 0 Å². The van der Waals surface area contributed by atoms with Crippen LogP contribution in [0.2, 0.25) is 0 Å². The van der Waals surface area contributed by atoms with Crippen LogP contribution in [0.3, 0.4) is 0 Å². The number of amides is 2. The number of imidazole rings is 1. The molecular weight excluding hydrogens is 472 g/mol. The molecule has 0 fully saturated rings. The summed E-state index contributed by atoms with van der Waals surface area (Å²) < 4.78 is 12.1. The Balaban J connectivity index is 1.37. The topological polar surface area (TPSA) is 103 Å². The van der Waals surface area contributed by atoms with Crippen molar-refractivity contribution in [1.82, 2.24) is 9.55 Å². The van der Waals surface area contributed by atoms with Crippen molar-refractivity contribution >= 4 is 40.5 Å². The summed E-state index contributed by atoms with van der Waals surface area (Å²) in [7, 11) is 1.60. The van der Waals surface area contributed by atoms with Gasteiger partial charge in [0, 0.05) is 5.69 Å². The number of aromatic nitrogens is 2. The van der Waals surface area contributed by atoms with E-state index in [1.54, 1.807) is 43.2 Å². The zero-order valence-electron chi connectivity index (χ0n) is 20.5. The van der Waals surface area contributed by atoms with E-state index < -0.39 is 12.0 Å². The highest BCUT2D eigenvalue weighted by molar-refractivity contribution is 6.05. The molecule has 3 aromatic carbocycles. The fourth-order valence-corrected chi connectivity index (χ4v) is 4.45. The molecule has 9 nitrogen and oxygen atoms in total. The minimum Gasteiger partial charge on any atom is -0.497 e. The number of methoxy groups -OCH3 is 1. The van der Waals surface area contributed by atoms with Gasteiger partial charge in [-0.3, -0.25) is 19.1 Å². The quantitative estimate of drug-likeness (QED) is 0.363. The molecule has 188 valence electrons. The molecule has 5 rings (SSSR count). The third-order valence-corrected chi connectivity index (χ3v) is 6.24. The van der Waals surface area contributed by atoms with E-state index in [9.17, 15) is 14.4 Å². The number of esters is 1. The Morgan fingerprint density at radius 3 is 2.43 bits per heavy atom. The SMILES string of the molecule is CCOC(=O)c1ccc(NC(=O)CC2C(=O)N(Cc3ccc(OC)cc3)c3nc4ccccc4n32)cc1. The van der Waals surface area contributed by atoms with Gasteiger partial charge in [0.15, 0.2) is 0 Å². The number of fused-ring (bicyclic) bond motifs is 3. The summed E-state index contributed by atoms with van der Waals surface area (Å²) in [4.78, 5) is 44.8. The number of benzene rings is 3. The normalized spacial score (nSPS) is 14.5. The van der Waals surface area contributed by atoms with Crippen LogP contribution in [-0.2, 0) is 20.9 Å². The second-order valence-electron chi connectivity index (χ2n) is 8.61. The minimum atomic E-state index is -0.737. The maximum Gasteiger partial charge on any atom is 0.338 e. The standard InChI is InChI=1S/C28H26N4O5/c1-3-37-27(35)19-10-12-20(13-11-19)29-25(33)16-24-26(34)31(17-18-8-14-21(36-2)15-9-18)28-30-22-6-4-5-7-23(22)32(24)28/h4-15,24H,3,16-17H2,1-2H3,(H,29,33). The maximum absolute atomic E-state index is 13.6. The summed E-state index contributed by atoms with van der Waals surface area (Å²) in [6.45, 7) is 2.34. The van der Waals surface area contributed by atoms with Gasteiger partial charge in [0.05, 0.1) is 43.3 Å². The molecule has 2 amide bonds. The lowest BCUT2D eigenvalue weighted by Gasteiger charge is -2.16. The third-order valence-electron chi connectivity index (χ3n) is 6.24. The highest BCUT2D eigenvalue weighted by Gasteiger charge is 2.40. The monoisotopic (exact) mass is 498 g/mol. The molecule has 1 aliphatic rings. The molecule has 9 heteroatoms. The Morgan fingerprint density at radius 1 is 1.00 bits per heavy atom. The molecule has 0 saturated carbocycles. The number of carbonyl (C=O) groups excluding carboxylic acids is 3. The lowest BCUT2D eigenvalue weighted by Crippen LogP contribution is -2.31. The zero-order valence-corrected chi connectivity index (χ0v) is 20.5. The number of nitrogens with zero attached hydrogens (tertiary/aromatic N) is 3. The van der Waals surface area contributed by atoms with E-state index in [2.05, 4.69) is 5.32 Å². The second kappa shape index (κ2) is 10.1. The highest BCUT2D eigenvalue weighted by atomic mass is 16.5. The van der Waals surface area contributed by atoms with E-state index in [4.69, 9.17) is 14.5 Å². The number of hydrogen-bond acceptors (Lipinski definition) is 6. The van der Waals surface area contributed by atoms with Crippen LogP contribution in [0.1, 0.15) is 35.3 Å². The van der Waals surface area contributed by atoms with Crippen molar-refractivity contribution in [2.45, 2.75) is 25.9 Å². The predicted octanol–water partition coefficient (Wildman–Crippen LogP) is 4.34. The van der Waals surface area contributed by atoms with Crippen LogP contribution in [0.25, 0.3) is 11.0 Å². The van der Waals surface area contributed by atoms with E-state index in [0.29, 0.717) is 23.7 Å². The summed E-state index contributed by atoms with van der Waals surface area (Å²) in [6, 6.07) is 20.8. The molecule has 1 atom stereocenters. The van der Waals surface area contributed by atoms with Gasteiger partial charge in [-0.2, -0.15) is 0 Å². The molecule has 1 N–H and O–H groups in total. The highest BCUT2D eigenvalue weighted by Crippen LogP contribution is 2.37. The number of rotatable bonds is 8. The van der Waals surface area contributed by atoms with Crippen molar-refractivity contribution in [2.75, 3.05) is 23.9 Å². The van der Waals surface area contributed by atoms with Gasteiger partial charge in [0.2, 0.25) is 11.9 Å². The van der Waals surface area contributed by atoms with Gasteiger partial charge < -0.3 is 14.8 Å². The van der Waals surface area contributed by atoms with Crippen LogP contribution < -0.4 is 15.0 Å². The summed E-state index contributed by atoms with van der Waals surface area (Å²) in [6.07, 6.45) is -0.0646. The molecular formula is C28H26N4O5.